The van der Waals surface area contributed by atoms with E-state index >= 15 is 0 Å². The number of ether oxygens (including phenoxy) is 1. The zero-order valence-electron chi connectivity index (χ0n) is 18.6. The standard InChI is InChI=1S/C20H19ClFN5O2.C2HF3O2/c1-27-9-12(8-17(27)19(23)28)29-11-5-6-13-16(7-11)24-10-25-20(13)26-15-4-2-3-14(21)18(15)22;3-2(4,5)1(6)7/h2-7,10,12,17H,8-9H2,1H3,(H2,23,28)(H,24,25,26);(H,6,7)/t12-,17-;/m0./s1. The first-order valence-electron chi connectivity index (χ1n) is 10.3. The van der Waals surface area contributed by atoms with Crippen LogP contribution in [0.2, 0.25) is 5.02 Å². The number of aliphatic carboxylic acids is 1. The van der Waals surface area contributed by atoms with Crippen LogP contribution in [0.25, 0.3) is 10.9 Å². The number of nitrogens with two attached hydrogens (primary N) is 1. The van der Waals surface area contributed by atoms with E-state index in [1.807, 2.05) is 11.9 Å². The molecule has 1 aliphatic rings. The molecule has 3 aromatic rings. The van der Waals surface area contributed by atoms with Crippen molar-refractivity contribution in [1.82, 2.24) is 14.9 Å². The van der Waals surface area contributed by atoms with E-state index in [2.05, 4.69) is 15.3 Å². The lowest BCUT2D eigenvalue weighted by atomic mass is 10.2. The molecule has 0 spiro atoms. The second kappa shape index (κ2) is 10.9. The van der Waals surface area contributed by atoms with Gasteiger partial charge in [0.15, 0.2) is 5.82 Å². The van der Waals surface area contributed by atoms with E-state index in [1.54, 1.807) is 30.3 Å². The minimum Gasteiger partial charge on any atom is -0.489 e. The quantitative estimate of drug-likeness (QED) is 0.426. The number of carbonyl (C=O) groups excluding carboxylic acids is 1. The van der Waals surface area contributed by atoms with Crippen molar-refractivity contribution in [2.45, 2.75) is 24.7 Å². The molecule has 1 aromatic heterocycles. The number of nitrogens with one attached hydrogen (secondary N) is 1. The zero-order chi connectivity index (χ0) is 26.6. The number of benzene rings is 2. The monoisotopic (exact) mass is 529 g/mol. The van der Waals surface area contributed by atoms with Crippen LogP contribution in [-0.2, 0) is 9.59 Å². The van der Waals surface area contributed by atoms with Gasteiger partial charge in [0.2, 0.25) is 5.91 Å². The summed E-state index contributed by atoms with van der Waals surface area (Å²) in [6.07, 6.45) is -3.30. The lowest BCUT2D eigenvalue weighted by Gasteiger charge is -2.15. The van der Waals surface area contributed by atoms with Crippen LogP contribution in [0, 0.1) is 5.82 Å². The van der Waals surface area contributed by atoms with Crippen LogP contribution in [0.1, 0.15) is 6.42 Å². The van der Waals surface area contributed by atoms with Crippen molar-refractivity contribution in [3.63, 3.8) is 0 Å². The molecule has 1 aliphatic heterocycles. The van der Waals surface area contributed by atoms with Gasteiger partial charge in [-0.25, -0.2) is 19.2 Å². The number of fused-ring (bicyclic) bond motifs is 1. The molecule has 0 radical (unpaired) electrons. The van der Waals surface area contributed by atoms with Gasteiger partial charge in [0.05, 0.1) is 22.3 Å². The Labute approximate surface area is 206 Å². The zero-order valence-corrected chi connectivity index (χ0v) is 19.3. The number of likely N-dealkylation sites (tertiary alicyclic amines) is 1. The van der Waals surface area contributed by atoms with Crippen LogP contribution >= 0.6 is 11.6 Å². The van der Waals surface area contributed by atoms with Crippen molar-refractivity contribution < 1.29 is 37.0 Å². The molecule has 4 N–H and O–H groups in total. The van der Waals surface area contributed by atoms with Gasteiger partial charge in [0, 0.05) is 24.4 Å². The molecule has 4 rings (SSSR count). The maximum atomic E-state index is 14.2. The highest BCUT2D eigenvalue weighted by atomic mass is 35.5. The van der Waals surface area contributed by atoms with Gasteiger partial charge >= 0.3 is 12.1 Å². The highest BCUT2D eigenvalue weighted by molar-refractivity contribution is 6.31. The second-order valence-corrected chi connectivity index (χ2v) is 8.17. The Morgan fingerprint density at radius 1 is 1.25 bits per heavy atom. The average molecular weight is 530 g/mol. The van der Waals surface area contributed by atoms with E-state index in [0.717, 1.165) is 0 Å². The summed E-state index contributed by atoms with van der Waals surface area (Å²) in [4.78, 5) is 30.8. The Bertz CT molecular complexity index is 1280. The number of amides is 1. The maximum Gasteiger partial charge on any atom is 0.490 e. The molecule has 0 bridgehead atoms. The molecular weight excluding hydrogens is 510 g/mol. The Kier molecular flexibility index (Phi) is 8.15. The molecule has 1 amide bonds. The number of alkyl halides is 3. The lowest BCUT2D eigenvalue weighted by Crippen LogP contribution is -2.37. The predicted molar refractivity (Wildman–Crippen MR) is 123 cm³/mol. The molecule has 192 valence electrons. The predicted octanol–water partition coefficient (Wildman–Crippen LogP) is 3.74. The minimum atomic E-state index is -5.08. The van der Waals surface area contributed by atoms with Crippen molar-refractivity contribution in [3.8, 4) is 5.75 Å². The number of hydrogen-bond acceptors (Lipinski definition) is 7. The first kappa shape index (κ1) is 26.9. The van der Waals surface area contributed by atoms with Gasteiger partial charge in [-0.1, -0.05) is 17.7 Å². The highest BCUT2D eigenvalue weighted by Gasteiger charge is 2.38. The lowest BCUT2D eigenvalue weighted by molar-refractivity contribution is -0.192. The van der Waals surface area contributed by atoms with Crippen LogP contribution in [0.15, 0.2) is 42.7 Å². The average Bonchev–Trinajstić information content (AvgIpc) is 3.17. The summed E-state index contributed by atoms with van der Waals surface area (Å²) in [5.41, 5.74) is 6.29. The van der Waals surface area contributed by atoms with Gasteiger partial charge in [0.25, 0.3) is 0 Å². The highest BCUT2D eigenvalue weighted by Crippen LogP contribution is 2.30. The van der Waals surface area contributed by atoms with Crippen LogP contribution in [-0.4, -0.2) is 63.8 Å². The van der Waals surface area contributed by atoms with Crippen molar-refractivity contribution in [2.75, 3.05) is 18.9 Å². The molecular formula is C22H20ClF4N5O4. The van der Waals surface area contributed by atoms with Crippen molar-refractivity contribution >= 4 is 45.9 Å². The summed E-state index contributed by atoms with van der Waals surface area (Å²) in [6.45, 7) is 0.607. The smallest absolute Gasteiger partial charge is 0.489 e. The second-order valence-electron chi connectivity index (χ2n) is 7.76. The molecule has 0 aliphatic carbocycles. The molecule has 2 heterocycles. The number of carboxylic acid groups (broad SMARTS) is 1. The van der Waals surface area contributed by atoms with Crippen molar-refractivity contribution in [3.05, 3.63) is 53.6 Å². The number of hydrogen-bond donors (Lipinski definition) is 3. The van der Waals surface area contributed by atoms with Gasteiger partial charge in [-0.3, -0.25) is 9.69 Å². The van der Waals surface area contributed by atoms with Gasteiger partial charge < -0.3 is 20.9 Å². The topological polar surface area (TPSA) is 131 Å². The number of primary amides is 1. The summed E-state index contributed by atoms with van der Waals surface area (Å²) in [5.74, 6) is -2.58. The Morgan fingerprint density at radius 3 is 2.56 bits per heavy atom. The fourth-order valence-corrected chi connectivity index (χ4v) is 3.68. The van der Waals surface area contributed by atoms with Crippen LogP contribution in [0.4, 0.5) is 29.1 Å². The Balaban J connectivity index is 0.000000454. The van der Waals surface area contributed by atoms with Gasteiger partial charge in [-0.2, -0.15) is 13.2 Å². The van der Waals surface area contributed by atoms with E-state index < -0.39 is 18.0 Å². The third kappa shape index (κ3) is 6.49. The molecule has 9 nitrogen and oxygen atoms in total. The van der Waals surface area contributed by atoms with Gasteiger partial charge in [0.1, 0.15) is 24.0 Å². The first-order valence-corrected chi connectivity index (χ1v) is 10.7. The van der Waals surface area contributed by atoms with Crippen LogP contribution < -0.4 is 15.8 Å². The summed E-state index contributed by atoms with van der Waals surface area (Å²) >= 11 is 5.84. The summed E-state index contributed by atoms with van der Waals surface area (Å²) in [7, 11) is 1.85. The number of anilines is 2. The van der Waals surface area contributed by atoms with E-state index in [9.17, 15) is 22.4 Å². The molecule has 2 atom stereocenters. The van der Waals surface area contributed by atoms with E-state index in [1.165, 1.54) is 12.4 Å². The van der Waals surface area contributed by atoms with Crippen molar-refractivity contribution in [1.29, 1.82) is 0 Å². The van der Waals surface area contributed by atoms with Crippen LogP contribution in [0.5, 0.6) is 5.75 Å². The molecule has 36 heavy (non-hydrogen) atoms. The van der Waals surface area contributed by atoms with E-state index in [-0.39, 0.29) is 28.8 Å². The fourth-order valence-electron chi connectivity index (χ4n) is 3.50. The van der Waals surface area contributed by atoms with Gasteiger partial charge in [-0.05, 0) is 31.3 Å². The number of carboxylic acids is 1. The summed E-state index contributed by atoms with van der Waals surface area (Å²) in [5, 5.41) is 10.8. The number of nitrogens with zero attached hydrogens (tertiary/aromatic N) is 3. The SMILES string of the molecule is CN1C[C@@H](Oc2ccc3c(Nc4cccc(Cl)c4F)ncnc3c2)C[C@H]1C(N)=O.O=C(O)C(F)(F)F. The van der Waals surface area contributed by atoms with Crippen LogP contribution in [0.3, 0.4) is 0 Å². The number of aromatic nitrogens is 2. The number of rotatable bonds is 5. The normalized spacial score (nSPS) is 17.8. The minimum absolute atomic E-state index is 0.0276. The maximum absolute atomic E-state index is 14.2. The number of carbonyl (C=O) groups is 2. The van der Waals surface area contributed by atoms with Gasteiger partial charge in [-0.15, -0.1) is 0 Å². The van der Waals surface area contributed by atoms with E-state index in [0.29, 0.717) is 35.4 Å². The first-order chi connectivity index (χ1) is 16.9. The Hall–Kier alpha value is -3.71. The third-order valence-electron chi connectivity index (χ3n) is 5.20. The molecule has 0 unspecified atom stereocenters. The molecule has 1 fully saturated rings. The fraction of sp³-hybridized carbons (Fsp3) is 0.273. The third-order valence-corrected chi connectivity index (χ3v) is 5.49. The molecule has 0 saturated carbocycles. The van der Waals surface area contributed by atoms with E-state index in [4.69, 9.17) is 32.0 Å². The molecule has 14 heteroatoms. The largest absolute Gasteiger partial charge is 0.490 e. The molecule has 2 aromatic carbocycles. The van der Waals surface area contributed by atoms with Crippen molar-refractivity contribution in [2.24, 2.45) is 5.73 Å². The summed E-state index contributed by atoms with van der Waals surface area (Å²) < 4.78 is 52.0. The Morgan fingerprint density at radius 2 is 1.94 bits per heavy atom. The molecule has 1 saturated heterocycles. The number of likely N-dealkylation sites (N-methyl/N-ethyl adjacent to an activating group) is 1. The number of halogens is 5. The summed E-state index contributed by atoms with van der Waals surface area (Å²) in [6, 6.07) is 9.77.